The number of carbonyl (C=O) groups excluding carboxylic acids is 1. The van der Waals surface area contributed by atoms with Crippen molar-refractivity contribution in [1.29, 1.82) is 0 Å². The summed E-state index contributed by atoms with van der Waals surface area (Å²) in [6.45, 7) is 9.14. The zero-order chi connectivity index (χ0) is 20.4. The average molecular weight is 406 g/mol. The van der Waals surface area contributed by atoms with Gasteiger partial charge in [0, 0.05) is 23.5 Å². The fourth-order valence-corrected chi connectivity index (χ4v) is 4.47. The van der Waals surface area contributed by atoms with Crippen molar-refractivity contribution < 1.29 is 9.21 Å². The maximum absolute atomic E-state index is 13.0. The molecule has 4 aromatic rings. The number of fused-ring (bicyclic) bond motifs is 1. The molecule has 3 aromatic heterocycles. The third-order valence-electron chi connectivity index (χ3n) is 5.03. The van der Waals surface area contributed by atoms with E-state index in [9.17, 15) is 4.79 Å². The molecule has 4 rings (SSSR count). The van der Waals surface area contributed by atoms with Gasteiger partial charge in [-0.25, -0.2) is 4.98 Å². The number of allylic oxidation sites excluding steroid dienone is 1. The third kappa shape index (κ3) is 3.80. The first-order valence-electron chi connectivity index (χ1n) is 9.49. The highest BCUT2D eigenvalue weighted by molar-refractivity contribution is 7.99. The van der Waals surface area contributed by atoms with Gasteiger partial charge >= 0.3 is 0 Å². The van der Waals surface area contributed by atoms with Crippen molar-refractivity contribution in [1.82, 2.24) is 14.1 Å². The maximum atomic E-state index is 13.0. The van der Waals surface area contributed by atoms with E-state index < -0.39 is 0 Å². The van der Waals surface area contributed by atoms with Crippen molar-refractivity contribution in [3.8, 4) is 0 Å². The van der Waals surface area contributed by atoms with Gasteiger partial charge in [-0.2, -0.15) is 0 Å². The number of nitrogens with zero attached hydrogens (tertiary/aromatic N) is 3. The van der Waals surface area contributed by atoms with E-state index in [0.717, 1.165) is 38.9 Å². The highest BCUT2D eigenvalue weighted by atomic mass is 32.2. The van der Waals surface area contributed by atoms with Crippen LogP contribution in [0.1, 0.15) is 27.5 Å². The smallest absolute Gasteiger partial charge is 0.175 e. The van der Waals surface area contributed by atoms with E-state index in [4.69, 9.17) is 9.40 Å². The molecule has 0 amide bonds. The molecule has 0 aliphatic rings. The number of thioether (sulfide) groups is 1. The van der Waals surface area contributed by atoms with Gasteiger partial charge < -0.3 is 13.6 Å². The summed E-state index contributed by atoms with van der Waals surface area (Å²) in [5.41, 5.74) is 4.75. The number of aryl methyl sites for hydroxylation is 1. The van der Waals surface area contributed by atoms with Gasteiger partial charge in [-0.1, -0.05) is 30.0 Å². The zero-order valence-electron chi connectivity index (χ0n) is 16.6. The summed E-state index contributed by atoms with van der Waals surface area (Å²) in [5.74, 6) is 1.32. The molecule has 0 bridgehead atoms. The Labute approximate surface area is 174 Å². The van der Waals surface area contributed by atoms with E-state index in [2.05, 4.69) is 15.7 Å². The van der Waals surface area contributed by atoms with Crippen LogP contribution in [-0.4, -0.2) is 25.7 Å². The van der Waals surface area contributed by atoms with E-state index in [1.165, 1.54) is 11.8 Å². The van der Waals surface area contributed by atoms with Gasteiger partial charge in [0.25, 0.3) is 0 Å². The third-order valence-corrected chi connectivity index (χ3v) is 6.01. The van der Waals surface area contributed by atoms with Gasteiger partial charge in [0.2, 0.25) is 0 Å². The standard InChI is InChI=1S/C23H23N3O2S/c1-4-11-25-21-10-6-5-9-20(21)24-23(25)29-15-22(27)19-13-16(2)26(17(19)3)14-18-8-7-12-28-18/h4-10,12-13H,1,11,14-15H2,2-3H3. The van der Waals surface area contributed by atoms with Crippen molar-refractivity contribution in [2.75, 3.05) is 5.75 Å². The molecular weight excluding hydrogens is 382 g/mol. The van der Waals surface area contributed by atoms with Crippen LogP contribution in [0.5, 0.6) is 0 Å². The lowest BCUT2D eigenvalue weighted by molar-refractivity contribution is 0.102. The Hall–Kier alpha value is -2.99. The van der Waals surface area contributed by atoms with Gasteiger partial charge in [0.05, 0.1) is 29.6 Å². The number of aromatic nitrogens is 3. The second kappa shape index (κ2) is 8.17. The Balaban J connectivity index is 1.54. The number of ketones is 1. The minimum atomic E-state index is 0.103. The van der Waals surface area contributed by atoms with E-state index in [1.807, 2.05) is 62.4 Å². The van der Waals surface area contributed by atoms with Crippen LogP contribution in [0.25, 0.3) is 11.0 Å². The minimum Gasteiger partial charge on any atom is -0.467 e. The fourth-order valence-electron chi connectivity index (χ4n) is 3.56. The number of rotatable bonds is 8. The molecule has 0 aliphatic carbocycles. The Morgan fingerprint density at radius 3 is 2.79 bits per heavy atom. The zero-order valence-corrected chi connectivity index (χ0v) is 17.4. The van der Waals surface area contributed by atoms with E-state index >= 15 is 0 Å². The second-order valence-electron chi connectivity index (χ2n) is 6.94. The van der Waals surface area contributed by atoms with Crippen LogP contribution >= 0.6 is 11.8 Å². The van der Waals surface area contributed by atoms with Crippen LogP contribution in [0, 0.1) is 13.8 Å². The summed E-state index contributed by atoms with van der Waals surface area (Å²) in [6, 6.07) is 13.8. The topological polar surface area (TPSA) is 53.0 Å². The Kier molecular flexibility index (Phi) is 5.45. The van der Waals surface area contributed by atoms with Gasteiger partial charge in [0.15, 0.2) is 10.9 Å². The fraction of sp³-hybridized carbons (Fsp3) is 0.217. The van der Waals surface area contributed by atoms with Crippen molar-refractivity contribution in [3.63, 3.8) is 0 Å². The first kappa shape index (κ1) is 19.3. The van der Waals surface area contributed by atoms with E-state index in [-0.39, 0.29) is 5.78 Å². The summed E-state index contributed by atoms with van der Waals surface area (Å²) in [6.07, 6.45) is 3.52. The van der Waals surface area contributed by atoms with Crippen LogP contribution in [-0.2, 0) is 13.1 Å². The summed E-state index contributed by atoms with van der Waals surface area (Å²) in [7, 11) is 0. The Morgan fingerprint density at radius 2 is 2.03 bits per heavy atom. The van der Waals surface area contributed by atoms with Crippen molar-refractivity contribution >= 4 is 28.6 Å². The lowest BCUT2D eigenvalue weighted by atomic mass is 10.2. The molecule has 0 fully saturated rings. The van der Waals surface area contributed by atoms with Gasteiger partial charge in [-0.05, 0) is 44.2 Å². The molecule has 0 atom stereocenters. The molecule has 0 aliphatic heterocycles. The van der Waals surface area contributed by atoms with Crippen LogP contribution in [0.2, 0.25) is 0 Å². The summed E-state index contributed by atoms with van der Waals surface area (Å²) in [4.78, 5) is 17.7. The number of carbonyl (C=O) groups is 1. The first-order chi connectivity index (χ1) is 14.1. The summed E-state index contributed by atoms with van der Waals surface area (Å²) in [5, 5.41) is 0.837. The molecular formula is C23H23N3O2S. The van der Waals surface area contributed by atoms with Gasteiger partial charge in [-0.15, -0.1) is 6.58 Å². The number of Topliss-reactive ketones (excluding diaryl/α,β-unsaturated/α-hetero) is 1. The average Bonchev–Trinajstić information content (AvgIpc) is 3.42. The number of hydrogen-bond acceptors (Lipinski definition) is 4. The molecule has 148 valence electrons. The largest absolute Gasteiger partial charge is 0.467 e. The molecule has 0 saturated carbocycles. The van der Waals surface area contributed by atoms with Crippen LogP contribution in [0.3, 0.4) is 0 Å². The molecule has 1 aromatic carbocycles. The monoisotopic (exact) mass is 405 g/mol. The highest BCUT2D eigenvalue weighted by Gasteiger charge is 2.18. The summed E-state index contributed by atoms with van der Waals surface area (Å²) < 4.78 is 9.67. The minimum absolute atomic E-state index is 0.103. The molecule has 29 heavy (non-hydrogen) atoms. The first-order valence-corrected chi connectivity index (χ1v) is 10.5. The Bertz CT molecular complexity index is 1170. The maximum Gasteiger partial charge on any atom is 0.175 e. The molecule has 0 radical (unpaired) electrons. The highest BCUT2D eigenvalue weighted by Crippen LogP contribution is 2.26. The molecule has 6 heteroatoms. The normalized spacial score (nSPS) is 11.2. The van der Waals surface area contributed by atoms with Crippen LogP contribution in [0.15, 0.2) is 71.0 Å². The van der Waals surface area contributed by atoms with Crippen molar-refractivity contribution in [2.24, 2.45) is 0 Å². The van der Waals surface area contributed by atoms with Gasteiger partial charge in [0.1, 0.15) is 5.76 Å². The molecule has 0 N–H and O–H groups in total. The predicted octanol–water partition coefficient (Wildman–Crippen LogP) is 5.26. The molecule has 5 nitrogen and oxygen atoms in total. The van der Waals surface area contributed by atoms with Crippen molar-refractivity contribution in [2.45, 2.75) is 32.1 Å². The number of para-hydroxylation sites is 2. The molecule has 0 spiro atoms. The number of benzene rings is 1. The van der Waals surface area contributed by atoms with E-state index in [1.54, 1.807) is 6.26 Å². The molecule has 0 unspecified atom stereocenters. The lowest BCUT2D eigenvalue weighted by Crippen LogP contribution is -2.08. The van der Waals surface area contributed by atoms with E-state index in [0.29, 0.717) is 18.8 Å². The van der Waals surface area contributed by atoms with Crippen LogP contribution in [0.4, 0.5) is 0 Å². The second-order valence-corrected chi connectivity index (χ2v) is 7.89. The summed E-state index contributed by atoms with van der Waals surface area (Å²) >= 11 is 1.47. The SMILES string of the molecule is C=CCn1c(SCC(=O)c2cc(C)n(Cc3ccco3)c2C)nc2ccccc21. The predicted molar refractivity (Wildman–Crippen MR) is 117 cm³/mol. The van der Waals surface area contributed by atoms with Crippen LogP contribution < -0.4 is 0 Å². The molecule has 3 heterocycles. The number of furan rings is 1. The number of imidazole rings is 1. The molecule has 0 saturated heterocycles. The Morgan fingerprint density at radius 1 is 1.21 bits per heavy atom. The lowest BCUT2D eigenvalue weighted by Gasteiger charge is -2.08. The van der Waals surface area contributed by atoms with Crippen molar-refractivity contribution in [3.05, 3.63) is 84.1 Å². The quantitative estimate of drug-likeness (QED) is 0.228. The van der Waals surface area contributed by atoms with Gasteiger partial charge in [-0.3, -0.25) is 4.79 Å². The number of hydrogen-bond donors (Lipinski definition) is 0.